The van der Waals surface area contributed by atoms with Crippen molar-refractivity contribution in [3.05, 3.63) is 77.8 Å². The molecule has 190 valence electrons. The molecule has 1 aliphatic heterocycles. The van der Waals surface area contributed by atoms with E-state index in [0.29, 0.717) is 42.3 Å². The molecule has 8 nitrogen and oxygen atoms in total. The fourth-order valence-electron chi connectivity index (χ4n) is 4.55. The van der Waals surface area contributed by atoms with Crippen molar-refractivity contribution < 1.29 is 14.3 Å². The number of halogens is 1. The van der Waals surface area contributed by atoms with Crippen molar-refractivity contribution >= 4 is 34.5 Å². The zero-order valence-corrected chi connectivity index (χ0v) is 21.6. The third-order valence-electron chi connectivity index (χ3n) is 6.55. The van der Waals surface area contributed by atoms with Crippen LogP contribution in [-0.2, 0) is 4.74 Å². The number of benzene rings is 2. The minimum atomic E-state index is -0.323. The molecule has 1 atom stereocenters. The molecule has 1 aliphatic rings. The number of amides is 2. The smallest absolute Gasteiger partial charge is 0.410 e. The number of ether oxygens (including phenoxy) is 1. The van der Waals surface area contributed by atoms with Crippen molar-refractivity contribution in [2.45, 2.75) is 26.3 Å². The number of aromatic nitrogens is 3. The van der Waals surface area contributed by atoms with Crippen LogP contribution in [-0.4, -0.2) is 68.6 Å². The highest BCUT2D eigenvalue weighted by atomic mass is 35.5. The number of pyridine rings is 1. The van der Waals surface area contributed by atoms with Gasteiger partial charge < -0.3 is 19.1 Å². The van der Waals surface area contributed by atoms with Gasteiger partial charge in [-0.1, -0.05) is 36.7 Å². The average Bonchev–Trinajstić information content (AvgIpc) is 3.46. The van der Waals surface area contributed by atoms with Crippen LogP contribution in [0.5, 0.6) is 0 Å². The van der Waals surface area contributed by atoms with Crippen molar-refractivity contribution in [3.8, 4) is 16.9 Å². The van der Waals surface area contributed by atoms with Gasteiger partial charge in [-0.3, -0.25) is 4.79 Å². The van der Waals surface area contributed by atoms with Gasteiger partial charge in [0.1, 0.15) is 0 Å². The molecule has 1 saturated heterocycles. The Kier molecular flexibility index (Phi) is 7.10. The molecule has 3 heterocycles. The Hall–Kier alpha value is -3.91. The predicted octanol–water partition coefficient (Wildman–Crippen LogP) is 5.43. The molecule has 0 radical (unpaired) electrons. The third kappa shape index (κ3) is 5.15. The Morgan fingerprint density at radius 3 is 2.62 bits per heavy atom. The summed E-state index contributed by atoms with van der Waals surface area (Å²) in [6.07, 6.45) is 5.82. The highest BCUT2D eigenvalue weighted by Gasteiger charge is 2.31. The second kappa shape index (κ2) is 10.6. The molecule has 0 bridgehead atoms. The van der Waals surface area contributed by atoms with Crippen LogP contribution < -0.4 is 0 Å². The van der Waals surface area contributed by atoms with Crippen molar-refractivity contribution in [1.29, 1.82) is 0 Å². The van der Waals surface area contributed by atoms with Gasteiger partial charge in [0.2, 0.25) is 0 Å². The molecular formula is C28H28ClN5O3. The largest absolute Gasteiger partial charge is 0.449 e. The Morgan fingerprint density at radius 2 is 1.92 bits per heavy atom. The number of hydrogen-bond donors (Lipinski definition) is 0. The maximum Gasteiger partial charge on any atom is 0.410 e. The summed E-state index contributed by atoms with van der Waals surface area (Å²) in [6.45, 7) is 5.61. The number of hydrogen-bond acceptors (Lipinski definition) is 5. The first-order valence-electron chi connectivity index (χ1n) is 12.4. The Balaban J connectivity index is 1.36. The number of carbonyl (C=O) groups excluding carboxylic acids is 2. The highest BCUT2D eigenvalue weighted by Crippen LogP contribution is 2.30. The molecule has 4 aromatic rings. The molecule has 0 aliphatic carbocycles. The quantitative estimate of drug-likeness (QED) is 0.352. The number of piperazine rings is 1. The maximum atomic E-state index is 13.4. The van der Waals surface area contributed by atoms with E-state index in [1.54, 1.807) is 34.5 Å². The van der Waals surface area contributed by atoms with E-state index in [2.05, 4.69) is 4.98 Å². The van der Waals surface area contributed by atoms with Gasteiger partial charge in [-0.05, 0) is 43.7 Å². The summed E-state index contributed by atoms with van der Waals surface area (Å²) in [6, 6.07) is 15.1. The fourth-order valence-corrected chi connectivity index (χ4v) is 4.81. The first kappa shape index (κ1) is 24.8. The van der Waals surface area contributed by atoms with Crippen LogP contribution in [0.3, 0.4) is 0 Å². The van der Waals surface area contributed by atoms with Crippen molar-refractivity contribution in [2.75, 3.05) is 26.2 Å². The lowest BCUT2D eigenvalue weighted by atomic mass is 10.1. The van der Waals surface area contributed by atoms with Gasteiger partial charge in [0, 0.05) is 60.3 Å². The molecule has 2 aromatic heterocycles. The molecule has 2 aromatic carbocycles. The van der Waals surface area contributed by atoms with Crippen LogP contribution in [0.2, 0.25) is 5.02 Å². The van der Waals surface area contributed by atoms with E-state index in [0.717, 1.165) is 28.8 Å². The molecule has 2 amide bonds. The molecule has 0 spiro atoms. The highest BCUT2D eigenvalue weighted by molar-refractivity contribution is 6.35. The minimum Gasteiger partial charge on any atom is -0.449 e. The van der Waals surface area contributed by atoms with E-state index in [1.807, 2.05) is 61.0 Å². The second-order valence-electron chi connectivity index (χ2n) is 9.15. The molecule has 5 rings (SSSR count). The van der Waals surface area contributed by atoms with Crippen LogP contribution in [0.15, 0.2) is 67.3 Å². The third-order valence-corrected chi connectivity index (χ3v) is 6.86. The van der Waals surface area contributed by atoms with Gasteiger partial charge in [-0.2, -0.15) is 0 Å². The summed E-state index contributed by atoms with van der Waals surface area (Å²) < 4.78 is 7.20. The van der Waals surface area contributed by atoms with Crippen molar-refractivity contribution in [1.82, 2.24) is 24.3 Å². The lowest BCUT2D eigenvalue weighted by molar-refractivity contribution is 0.0412. The molecule has 9 heteroatoms. The lowest BCUT2D eigenvalue weighted by Crippen LogP contribution is -2.55. The van der Waals surface area contributed by atoms with Gasteiger partial charge in [0.25, 0.3) is 5.91 Å². The van der Waals surface area contributed by atoms with Crippen LogP contribution in [0.1, 0.15) is 30.6 Å². The monoisotopic (exact) mass is 517 g/mol. The van der Waals surface area contributed by atoms with Crippen molar-refractivity contribution in [3.63, 3.8) is 0 Å². The first-order valence-corrected chi connectivity index (χ1v) is 12.7. The summed E-state index contributed by atoms with van der Waals surface area (Å²) >= 11 is 6.61. The standard InChI is InChI=1S/C28H28ClN5O3/c1-3-14-37-28(36)34-13-12-32(17-19(34)2)27(35)21-6-9-23-24(29)16-25(31-26(23)15-21)20-4-7-22(8-5-20)33-11-10-30-18-33/h4-11,15-16,18-19H,3,12-14,17H2,1-2H3/t19-/m1/s1. The first-order chi connectivity index (χ1) is 17.9. The van der Waals surface area contributed by atoms with E-state index in [4.69, 9.17) is 21.3 Å². The summed E-state index contributed by atoms with van der Waals surface area (Å²) in [5.74, 6) is -0.0941. The lowest BCUT2D eigenvalue weighted by Gasteiger charge is -2.39. The molecule has 0 saturated carbocycles. The summed E-state index contributed by atoms with van der Waals surface area (Å²) in [5.41, 5.74) is 3.84. The average molecular weight is 518 g/mol. The zero-order chi connectivity index (χ0) is 25.9. The minimum absolute atomic E-state index is 0.0941. The van der Waals surface area contributed by atoms with Gasteiger partial charge >= 0.3 is 6.09 Å². The second-order valence-corrected chi connectivity index (χ2v) is 9.55. The Labute approximate surface area is 220 Å². The predicted molar refractivity (Wildman–Crippen MR) is 143 cm³/mol. The van der Waals surface area contributed by atoms with Crippen molar-refractivity contribution in [2.24, 2.45) is 0 Å². The molecule has 0 unspecified atom stereocenters. The van der Waals surface area contributed by atoms with Gasteiger partial charge in [-0.25, -0.2) is 14.8 Å². The molecular weight excluding hydrogens is 490 g/mol. The number of rotatable bonds is 5. The number of carbonyl (C=O) groups is 2. The van der Waals surface area contributed by atoms with Crippen LogP contribution in [0.25, 0.3) is 27.8 Å². The van der Waals surface area contributed by atoms with E-state index in [9.17, 15) is 9.59 Å². The number of fused-ring (bicyclic) bond motifs is 1. The van der Waals surface area contributed by atoms with E-state index >= 15 is 0 Å². The topological polar surface area (TPSA) is 80.6 Å². The van der Waals surface area contributed by atoms with Crippen LogP contribution in [0, 0.1) is 0 Å². The molecule has 37 heavy (non-hydrogen) atoms. The summed E-state index contributed by atoms with van der Waals surface area (Å²) in [7, 11) is 0. The SMILES string of the molecule is CCCOC(=O)N1CCN(C(=O)c2ccc3c(Cl)cc(-c4ccc(-n5ccnc5)cc4)nc3c2)C[C@H]1C. The Bertz CT molecular complexity index is 1420. The van der Waals surface area contributed by atoms with Crippen LogP contribution >= 0.6 is 11.6 Å². The normalized spacial score (nSPS) is 15.7. The maximum absolute atomic E-state index is 13.4. The fraction of sp³-hybridized carbons (Fsp3) is 0.286. The van der Waals surface area contributed by atoms with E-state index in [1.165, 1.54) is 0 Å². The molecule has 0 N–H and O–H groups in total. The Morgan fingerprint density at radius 1 is 1.11 bits per heavy atom. The van der Waals surface area contributed by atoms with E-state index in [-0.39, 0.29) is 18.0 Å². The zero-order valence-electron chi connectivity index (χ0n) is 20.8. The van der Waals surface area contributed by atoms with Crippen LogP contribution in [0.4, 0.5) is 4.79 Å². The summed E-state index contributed by atoms with van der Waals surface area (Å²) in [4.78, 5) is 38.0. The number of nitrogens with zero attached hydrogens (tertiary/aromatic N) is 5. The molecule has 1 fully saturated rings. The number of imidazole rings is 1. The summed E-state index contributed by atoms with van der Waals surface area (Å²) in [5, 5.41) is 1.36. The van der Waals surface area contributed by atoms with E-state index < -0.39 is 0 Å². The van der Waals surface area contributed by atoms with Gasteiger partial charge in [-0.15, -0.1) is 0 Å². The van der Waals surface area contributed by atoms with Gasteiger partial charge in [0.05, 0.1) is 29.2 Å². The van der Waals surface area contributed by atoms with Gasteiger partial charge in [0.15, 0.2) is 0 Å².